The summed E-state index contributed by atoms with van der Waals surface area (Å²) in [5.74, 6) is -15.3. The van der Waals surface area contributed by atoms with Gasteiger partial charge in [0.15, 0.2) is 5.96 Å². The number of thiol groups is 2. The van der Waals surface area contributed by atoms with Crippen LogP contribution in [0.15, 0.2) is 41.8 Å². The average molecular weight is 1450 g/mol. The number of carbonyl (C=O) groups excluding carboxylic acids is 12. The van der Waals surface area contributed by atoms with Gasteiger partial charge in [-0.15, -0.1) is 0 Å². The Hall–Kier alpha value is -9.34. The van der Waals surface area contributed by atoms with Gasteiger partial charge in [0, 0.05) is 62.3 Å². The minimum atomic E-state index is -2.03. The fourth-order valence-electron chi connectivity index (χ4n) is 11.0. The maximum absolute atomic E-state index is 14.8. The first-order valence-corrected chi connectivity index (χ1v) is 33.8. The third kappa shape index (κ3) is 27.1. The largest absolute Gasteiger partial charge is 0.508 e. The van der Waals surface area contributed by atoms with Gasteiger partial charge in [0.1, 0.15) is 72.2 Å². The Morgan fingerprint density at radius 3 is 1.60 bits per heavy atom. The van der Waals surface area contributed by atoms with Crippen molar-refractivity contribution >= 4 is 114 Å². The number of aromatic nitrogens is 2. The number of hydrogen-bond donors (Lipinski definition) is 21. The lowest BCUT2D eigenvalue weighted by molar-refractivity contribution is -0.144. The number of hydrogen-bond acceptors (Lipinski definition) is 22. The number of aliphatic hydroxyl groups is 1. The maximum Gasteiger partial charge on any atom is 0.327 e. The average Bonchev–Trinajstić information content (AvgIpc) is 1.61. The molecule has 0 unspecified atom stereocenters. The van der Waals surface area contributed by atoms with Gasteiger partial charge in [-0.2, -0.15) is 25.3 Å². The molecule has 100 heavy (non-hydrogen) atoms. The van der Waals surface area contributed by atoms with Crippen molar-refractivity contribution in [1.29, 1.82) is 0 Å². The monoisotopic (exact) mass is 1450 g/mol. The zero-order valence-electron chi connectivity index (χ0n) is 55.6. The van der Waals surface area contributed by atoms with E-state index in [4.69, 9.17) is 28.7 Å². The smallest absolute Gasteiger partial charge is 0.327 e. The van der Waals surface area contributed by atoms with E-state index in [9.17, 15) is 87.5 Å². The summed E-state index contributed by atoms with van der Waals surface area (Å²) in [6.45, 7) is 2.54. The van der Waals surface area contributed by atoms with Crippen molar-refractivity contribution in [2.75, 3.05) is 44.3 Å². The van der Waals surface area contributed by atoms with Crippen LogP contribution in [0.1, 0.15) is 109 Å². The SMILES string of the molecule is CC(C)C[C@H](NC(=O)[C@H](CO)NC(=O)[C@H](CCCCN)NC(=O)[C@H](CC(=O)O)NC(=O)[C@H](Cc1ccc(O)cc1)NC(=O)[C@H](CCCN=C(N)N)NC(=O)[C@H](Cc1cnc[nH]1)NC(=O)[C@@H]1CCCN1C(=O)[C@H](CCC(N)=O)NC(=O)[C@@H](N)CS)C(=O)N1CCC[C@H]1C(=O)N[C@@H](CS)C(=O)O. The molecule has 0 spiro atoms. The van der Waals surface area contributed by atoms with Gasteiger partial charge in [-0.1, -0.05) is 26.0 Å². The van der Waals surface area contributed by atoms with Gasteiger partial charge in [0.05, 0.1) is 25.4 Å². The van der Waals surface area contributed by atoms with E-state index in [1.165, 1.54) is 46.6 Å². The van der Waals surface area contributed by atoms with E-state index in [0.29, 0.717) is 18.5 Å². The number of aliphatic imine (C=N–C) groups is 1. The van der Waals surface area contributed by atoms with E-state index in [1.807, 2.05) is 0 Å². The van der Waals surface area contributed by atoms with Crippen LogP contribution in [-0.2, 0) is 80.0 Å². The van der Waals surface area contributed by atoms with Crippen LogP contribution in [0.5, 0.6) is 5.75 Å². The maximum atomic E-state index is 14.8. The molecule has 2 aromatic rings. The molecule has 1 aromatic carbocycles. The van der Waals surface area contributed by atoms with Crippen molar-refractivity contribution in [2.24, 2.45) is 39.6 Å². The number of carboxylic acid groups (broad SMARTS) is 2. The molecule has 3 heterocycles. The Morgan fingerprint density at radius 1 is 0.610 bits per heavy atom. The highest BCUT2D eigenvalue weighted by Gasteiger charge is 2.43. The molecule has 554 valence electrons. The van der Waals surface area contributed by atoms with E-state index >= 15 is 0 Å². The first kappa shape index (κ1) is 83.1. The van der Waals surface area contributed by atoms with Crippen LogP contribution < -0.4 is 76.5 Å². The number of amides is 12. The zero-order chi connectivity index (χ0) is 74.3. The minimum Gasteiger partial charge on any atom is -0.508 e. The van der Waals surface area contributed by atoms with Gasteiger partial charge in [0.2, 0.25) is 70.9 Å². The number of imidazole rings is 1. The second-order valence-corrected chi connectivity index (χ2v) is 25.3. The van der Waals surface area contributed by atoms with Gasteiger partial charge >= 0.3 is 11.9 Å². The molecule has 2 aliphatic rings. The molecule has 24 N–H and O–H groups in total. The molecule has 1 aromatic heterocycles. The number of H-pyrrole nitrogens is 1. The number of phenols is 1. The van der Waals surface area contributed by atoms with E-state index in [1.54, 1.807) is 13.8 Å². The van der Waals surface area contributed by atoms with Crippen molar-refractivity contribution in [3.05, 3.63) is 48.0 Å². The Labute approximate surface area is 587 Å². The number of likely N-dealkylation sites (tertiary alicyclic amines) is 2. The predicted molar refractivity (Wildman–Crippen MR) is 364 cm³/mol. The molecule has 2 fully saturated rings. The number of aliphatic hydroxyl groups excluding tert-OH is 1. The number of benzene rings is 1. The molecule has 4 rings (SSSR count). The van der Waals surface area contributed by atoms with Gasteiger partial charge < -0.3 is 112 Å². The topological polar surface area (TPSA) is 606 Å². The first-order chi connectivity index (χ1) is 47.4. The van der Waals surface area contributed by atoms with Crippen LogP contribution in [0, 0.1) is 5.92 Å². The normalized spacial score (nSPS) is 17.2. The second-order valence-electron chi connectivity index (χ2n) is 24.5. The lowest BCUT2D eigenvalue weighted by Gasteiger charge is -2.31. The number of guanidine groups is 1. The minimum absolute atomic E-state index is 0.00592. The number of primary amides is 1. The number of nitrogens with two attached hydrogens (primary N) is 5. The molecular formula is C61H95N19O18S2. The number of carbonyl (C=O) groups is 14. The molecule has 2 aliphatic heterocycles. The summed E-state index contributed by atoms with van der Waals surface area (Å²) in [5.41, 5.74) is 28.7. The van der Waals surface area contributed by atoms with Gasteiger partial charge in [-0.3, -0.25) is 67.3 Å². The quantitative estimate of drug-likeness (QED) is 0.0127. The summed E-state index contributed by atoms with van der Waals surface area (Å²) in [6, 6.07) is -12.5. The van der Waals surface area contributed by atoms with Crippen LogP contribution in [0.2, 0.25) is 0 Å². The molecule has 2 saturated heterocycles. The number of phenolic OH excluding ortho intramolecular Hbond substituents is 1. The van der Waals surface area contributed by atoms with Crippen LogP contribution in [0.4, 0.5) is 0 Å². The summed E-state index contributed by atoms with van der Waals surface area (Å²) in [5, 5.41) is 62.6. The van der Waals surface area contributed by atoms with Crippen LogP contribution >= 0.6 is 25.3 Å². The van der Waals surface area contributed by atoms with Gasteiger partial charge in [-0.25, -0.2) is 9.78 Å². The number of aromatic amines is 1. The van der Waals surface area contributed by atoms with Gasteiger partial charge in [-0.05, 0) is 101 Å². The number of unbranched alkanes of at least 4 members (excludes halogenated alkanes) is 1. The van der Waals surface area contributed by atoms with E-state index in [0.717, 1.165) is 0 Å². The zero-order valence-corrected chi connectivity index (χ0v) is 57.4. The molecule has 37 nitrogen and oxygen atoms in total. The fourth-order valence-corrected chi connectivity index (χ4v) is 11.4. The number of carboxylic acids is 2. The van der Waals surface area contributed by atoms with Gasteiger partial charge in [0.25, 0.3) is 0 Å². The Balaban J connectivity index is 1.63. The summed E-state index contributed by atoms with van der Waals surface area (Å²) < 4.78 is 0. The Morgan fingerprint density at radius 2 is 1.10 bits per heavy atom. The molecule has 0 bridgehead atoms. The van der Waals surface area contributed by atoms with E-state index < -0.39 is 175 Å². The molecular weight excluding hydrogens is 1350 g/mol. The molecule has 0 aliphatic carbocycles. The first-order valence-electron chi connectivity index (χ1n) is 32.6. The number of nitrogens with zero attached hydrogens (tertiary/aromatic N) is 4. The third-order valence-electron chi connectivity index (χ3n) is 16.2. The van der Waals surface area contributed by atoms with Crippen molar-refractivity contribution < 1.29 is 87.5 Å². The molecule has 12 amide bonds. The Kier molecular flexibility index (Phi) is 34.8. The fraction of sp³-hybridized carbons (Fsp3) is 0.607. The summed E-state index contributed by atoms with van der Waals surface area (Å²) in [6.07, 6.45) is 1.14. The molecule has 12 atom stereocenters. The molecule has 0 radical (unpaired) electrons. The summed E-state index contributed by atoms with van der Waals surface area (Å²) in [4.78, 5) is 205. The van der Waals surface area contributed by atoms with Crippen LogP contribution in [0.3, 0.4) is 0 Å². The van der Waals surface area contributed by atoms with Crippen molar-refractivity contribution in [3.63, 3.8) is 0 Å². The highest BCUT2D eigenvalue weighted by Crippen LogP contribution is 2.23. The van der Waals surface area contributed by atoms with Crippen molar-refractivity contribution in [3.8, 4) is 5.75 Å². The highest BCUT2D eigenvalue weighted by molar-refractivity contribution is 7.80. The lowest BCUT2D eigenvalue weighted by Crippen LogP contribution is -2.61. The third-order valence-corrected chi connectivity index (χ3v) is 17.0. The predicted octanol–water partition coefficient (Wildman–Crippen LogP) is -6.52. The molecule has 39 heteroatoms. The highest BCUT2D eigenvalue weighted by atomic mass is 32.1. The Bertz CT molecular complexity index is 3180. The number of aromatic hydroxyl groups is 1. The molecule has 0 saturated carbocycles. The second kappa shape index (κ2) is 41.9. The lowest BCUT2D eigenvalue weighted by atomic mass is 10.0. The number of aliphatic carboxylic acids is 2. The van der Waals surface area contributed by atoms with Crippen molar-refractivity contribution in [2.45, 2.75) is 183 Å². The van der Waals surface area contributed by atoms with Crippen molar-refractivity contribution in [1.82, 2.24) is 67.6 Å². The van der Waals surface area contributed by atoms with Crippen LogP contribution in [-0.4, -0.2) is 246 Å². The summed E-state index contributed by atoms with van der Waals surface area (Å²) >= 11 is 8.02. The standard InChI is InChI=1S/C61H95N19O18S2/c1-31(2)22-42(59(96)80-21-7-11-46(80)57(94)78-44(29-100)60(97)98)76-55(92)43(27-81)77-51(88)36(8-3-4-18-62)70-54(91)41(25-48(84)85)74-52(89)39(23-32-12-14-34(82)15-13-32)73-50(87)37(9-5-19-68-61(65)66)71-53(90)40(24-33-26-67-30-69-33)75-56(93)45-10-6-20-79(45)58(95)38(16-17-47(64)83)72-49(86)35(63)28-99/h12-15,26,30-31,35-46,81-82,99-100H,3-11,16-25,27-29,62-63H2,1-2H3,(H2,64,83)(H,67,69)(H,70,91)(H,71,90)(H,72,86)(H,73,87)(H,74,89)(H,75,93)(H,76,92)(H,77,88)(H,78,94)(H,84,85)(H,97,98)(H4,65,66,68)/t35-,36-,37-,38-,39-,40-,41-,42-,43-,44-,45-,46-/m0/s1. The van der Waals surface area contributed by atoms with Crippen LogP contribution in [0.25, 0.3) is 0 Å². The summed E-state index contributed by atoms with van der Waals surface area (Å²) in [7, 11) is 0. The number of rotatable bonds is 43. The van der Waals surface area contributed by atoms with E-state index in [2.05, 4.69) is 88.1 Å². The van der Waals surface area contributed by atoms with E-state index in [-0.39, 0.29) is 132 Å². The number of nitrogens with one attached hydrogen (secondary N) is 10.